The van der Waals surface area contributed by atoms with Crippen molar-refractivity contribution in [3.63, 3.8) is 0 Å². The first-order chi connectivity index (χ1) is 6.25. The molecule has 0 aromatic carbocycles. The fourth-order valence-corrected chi connectivity index (χ4v) is 1.31. The van der Waals surface area contributed by atoms with Gasteiger partial charge in [-0.3, -0.25) is 4.79 Å². The van der Waals surface area contributed by atoms with Crippen LogP contribution in [0.4, 0.5) is 0 Å². The molecule has 1 aliphatic carbocycles. The zero-order valence-electron chi connectivity index (χ0n) is 7.19. The molecular formula is C8H11N3O2. The Morgan fingerprint density at radius 2 is 2.31 bits per heavy atom. The van der Waals surface area contributed by atoms with Crippen LogP contribution in [0.25, 0.3) is 0 Å². The minimum absolute atomic E-state index is 0.0414. The number of primary amides is 1. The van der Waals surface area contributed by atoms with Gasteiger partial charge in [0.15, 0.2) is 0 Å². The Bertz CT molecular complexity index is 317. The number of nitrogens with zero attached hydrogens (tertiary/aromatic N) is 2. The van der Waals surface area contributed by atoms with Gasteiger partial charge in [-0.15, -0.1) is 10.2 Å². The summed E-state index contributed by atoms with van der Waals surface area (Å²) < 4.78 is 5.28. The van der Waals surface area contributed by atoms with Crippen molar-refractivity contribution in [3.05, 3.63) is 11.8 Å². The second-order valence-corrected chi connectivity index (χ2v) is 3.30. The molecule has 2 N–H and O–H groups in total. The van der Waals surface area contributed by atoms with Crippen molar-refractivity contribution in [3.8, 4) is 0 Å². The van der Waals surface area contributed by atoms with Crippen LogP contribution in [0.1, 0.15) is 37.0 Å². The molecule has 5 heteroatoms. The maximum atomic E-state index is 10.5. The number of aromatic nitrogens is 2. The van der Waals surface area contributed by atoms with Crippen molar-refractivity contribution in [2.45, 2.75) is 31.6 Å². The molecule has 1 aromatic heterocycles. The highest BCUT2D eigenvalue weighted by atomic mass is 16.4. The molecule has 1 amide bonds. The summed E-state index contributed by atoms with van der Waals surface area (Å²) in [6, 6.07) is 0. The normalized spacial score (nSPS) is 16.9. The molecule has 0 unspecified atom stereocenters. The molecule has 1 saturated carbocycles. The quantitative estimate of drug-likeness (QED) is 0.730. The Morgan fingerprint density at radius 3 is 2.85 bits per heavy atom. The smallest absolute Gasteiger partial charge is 0.226 e. The zero-order valence-corrected chi connectivity index (χ0v) is 7.19. The van der Waals surface area contributed by atoms with Crippen molar-refractivity contribution >= 4 is 5.91 Å². The summed E-state index contributed by atoms with van der Waals surface area (Å²) in [6.45, 7) is 0. The maximum Gasteiger partial charge on any atom is 0.226 e. The van der Waals surface area contributed by atoms with Gasteiger partial charge in [-0.05, 0) is 12.8 Å². The SMILES string of the molecule is NC(=O)Cc1nnc(C2CCC2)o1. The zero-order chi connectivity index (χ0) is 9.26. The van der Waals surface area contributed by atoms with Gasteiger partial charge < -0.3 is 10.2 Å². The lowest BCUT2D eigenvalue weighted by molar-refractivity contribution is -0.117. The number of carbonyl (C=O) groups is 1. The van der Waals surface area contributed by atoms with Gasteiger partial charge in [0.1, 0.15) is 6.42 Å². The third kappa shape index (κ3) is 1.68. The van der Waals surface area contributed by atoms with Crippen LogP contribution in [0.2, 0.25) is 0 Å². The summed E-state index contributed by atoms with van der Waals surface area (Å²) in [5.74, 6) is 0.954. The van der Waals surface area contributed by atoms with E-state index in [4.69, 9.17) is 10.2 Å². The Hall–Kier alpha value is -1.39. The first-order valence-corrected chi connectivity index (χ1v) is 4.36. The molecule has 0 atom stereocenters. The number of hydrogen-bond donors (Lipinski definition) is 1. The van der Waals surface area contributed by atoms with E-state index in [1.54, 1.807) is 0 Å². The van der Waals surface area contributed by atoms with E-state index >= 15 is 0 Å². The fourth-order valence-electron chi connectivity index (χ4n) is 1.31. The highest BCUT2D eigenvalue weighted by molar-refractivity contribution is 5.75. The summed E-state index contributed by atoms with van der Waals surface area (Å²) in [6.07, 6.45) is 3.48. The maximum absolute atomic E-state index is 10.5. The van der Waals surface area contributed by atoms with Gasteiger partial charge in [0, 0.05) is 5.92 Å². The van der Waals surface area contributed by atoms with Gasteiger partial charge in [-0.1, -0.05) is 6.42 Å². The van der Waals surface area contributed by atoms with Crippen LogP contribution in [0.15, 0.2) is 4.42 Å². The predicted octanol–water partition coefficient (Wildman–Crippen LogP) is 0.365. The number of hydrogen-bond acceptors (Lipinski definition) is 4. The van der Waals surface area contributed by atoms with Crippen LogP contribution < -0.4 is 5.73 Å². The van der Waals surface area contributed by atoms with Gasteiger partial charge in [-0.25, -0.2) is 0 Å². The lowest BCUT2D eigenvalue weighted by atomic mass is 9.85. The van der Waals surface area contributed by atoms with Crippen molar-refractivity contribution in [1.82, 2.24) is 10.2 Å². The largest absolute Gasteiger partial charge is 0.424 e. The average molecular weight is 181 g/mol. The molecule has 0 radical (unpaired) electrons. The highest BCUT2D eigenvalue weighted by Crippen LogP contribution is 2.35. The summed E-state index contributed by atoms with van der Waals surface area (Å²) in [5.41, 5.74) is 4.99. The molecule has 0 bridgehead atoms. The van der Waals surface area contributed by atoms with E-state index in [0.29, 0.717) is 17.7 Å². The third-order valence-electron chi connectivity index (χ3n) is 2.26. The fraction of sp³-hybridized carbons (Fsp3) is 0.625. The van der Waals surface area contributed by atoms with Crippen molar-refractivity contribution < 1.29 is 9.21 Å². The van der Waals surface area contributed by atoms with Crippen LogP contribution in [0.3, 0.4) is 0 Å². The van der Waals surface area contributed by atoms with Crippen molar-refractivity contribution in [2.75, 3.05) is 0 Å². The minimum Gasteiger partial charge on any atom is -0.424 e. The summed E-state index contributed by atoms with van der Waals surface area (Å²) in [5, 5.41) is 7.61. The van der Waals surface area contributed by atoms with E-state index < -0.39 is 5.91 Å². The molecule has 1 heterocycles. The van der Waals surface area contributed by atoms with Crippen LogP contribution in [-0.4, -0.2) is 16.1 Å². The molecule has 5 nitrogen and oxygen atoms in total. The highest BCUT2D eigenvalue weighted by Gasteiger charge is 2.25. The lowest BCUT2D eigenvalue weighted by Gasteiger charge is -2.20. The molecule has 2 rings (SSSR count). The van der Waals surface area contributed by atoms with Gasteiger partial charge in [0.05, 0.1) is 0 Å². The molecule has 0 saturated heterocycles. The molecule has 70 valence electrons. The number of rotatable bonds is 3. The molecule has 1 aliphatic rings. The molecule has 13 heavy (non-hydrogen) atoms. The standard InChI is InChI=1S/C8H11N3O2/c9-6(12)4-7-10-11-8(13-7)5-2-1-3-5/h5H,1-4H2,(H2,9,12). The average Bonchev–Trinajstić information content (AvgIpc) is 2.31. The molecular weight excluding hydrogens is 170 g/mol. The number of amides is 1. The summed E-state index contributed by atoms with van der Waals surface area (Å²) in [4.78, 5) is 10.5. The number of nitrogens with two attached hydrogens (primary N) is 1. The van der Waals surface area contributed by atoms with Crippen LogP contribution in [0.5, 0.6) is 0 Å². The Kier molecular flexibility index (Phi) is 2.00. The third-order valence-corrected chi connectivity index (χ3v) is 2.26. The van der Waals surface area contributed by atoms with Crippen molar-refractivity contribution in [2.24, 2.45) is 5.73 Å². The van der Waals surface area contributed by atoms with E-state index in [0.717, 1.165) is 12.8 Å². The van der Waals surface area contributed by atoms with E-state index in [1.807, 2.05) is 0 Å². The molecule has 1 fully saturated rings. The van der Waals surface area contributed by atoms with E-state index in [2.05, 4.69) is 10.2 Å². The second-order valence-electron chi connectivity index (χ2n) is 3.30. The Labute approximate surface area is 75.3 Å². The van der Waals surface area contributed by atoms with Gasteiger partial charge in [0.2, 0.25) is 17.7 Å². The minimum atomic E-state index is -0.441. The lowest BCUT2D eigenvalue weighted by Crippen LogP contribution is -2.13. The molecule has 1 aromatic rings. The Morgan fingerprint density at radius 1 is 1.54 bits per heavy atom. The molecule has 0 aliphatic heterocycles. The van der Waals surface area contributed by atoms with Gasteiger partial charge in [0.25, 0.3) is 0 Å². The van der Waals surface area contributed by atoms with E-state index in [9.17, 15) is 4.79 Å². The first-order valence-electron chi connectivity index (χ1n) is 4.36. The van der Waals surface area contributed by atoms with Crippen LogP contribution in [0, 0.1) is 0 Å². The van der Waals surface area contributed by atoms with Crippen LogP contribution in [-0.2, 0) is 11.2 Å². The summed E-state index contributed by atoms with van der Waals surface area (Å²) >= 11 is 0. The second kappa shape index (κ2) is 3.16. The number of carbonyl (C=O) groups excluding carboxylic acids is 1. The van der Waals surface area contributed by atoms with Gasteiger partial charge >= 0.3 is 0 Å². The summed E-state index contributed by atoms with van der Waals surface area (Å²) in [7, 11) is 0. The monoisotopic (exact) mass is 181 g/mol. The van der Waals surface area contributed by atoms with Crippen molar-refractivity contribution in [1.29, 1.82) is 0 Å². The first kappa shape index (κ1) is 8.22. The van der Waals surface area contributed by atoms with E-state index in [-0.39, 0.29) is 6.42 Å². The topological polar surface area (TPSA) is 82.0 Å². The van der Waals surface area contributed by atoms with Crippen LogP contribution >= 0.6 is 0 Å². The van der Waals surface area contributed by atoms with Gasteiger partial charge in [-0.2, -0.15) is 0 Å². The van der Waals surface area contributed by atoms with E-state index in [1.165, 1.54) is 6.42 Å². The molecule has 0 spiro atoms. The predicted molar refractivity (Wildman–Crippen MR) is 43.8 cm³/mol. The Balaban J connectivity index is 2.04.